The number of nitrogens with zero attached hydrogens (tertiary/aromatic N) is 1. The van der Waals surface area contributed by atoms with E-state index in [1.165, 1.54) is 6.42 Å². The summed E-state index contributed by atoms with van der Waals surface area (Å²) in [6, 6.07) is 0. The fraction of sp³-hybridized carbons (Fsp3) is 1.00. The van der Waals surface area contributed by atoms with Gasteiger partial charge in [0.05, 0.1) is 0 Å². The molecule has 2 bridgehead atoms. The van der Waals surface area contributed by atoms with Crippen LogP contribution < -0.4 is 0 Å². The van der Waals surface area contributed by atoms with Crippen LogP contribution in [0.15, 0.2) is 0 Å². The van der Waals surface area contributed by atoms with Crippen LogP contribution in [-0.4, -0.2) is 10.5 Å². The van der Waals surface area contributed by atoms with Crippen molar-refractivity contribution in [3.05, 3.63) is 10.1 Å². The SMILES string of the molecule is O=[N+]([O-])[C@@]12CCC[C@@H]1[C@@H]1CC[C@H]2C1. The molecule has 0 amide bonds. The second-order valence-corrected chi connectivity index (χ2v) is 5.02. The highest BCUT2D eigenvalue weighted by atomic mass is 16.6. The highest BCUT2D eigenvalue weighted by Gasteiger charge is 2.68. The van der Waals surface area contributed by atoms with Crippen molar-refractivity contribution in [3.63, 3.8) is 0 Å². The Morgan fingerprint density at radius 1 is 1.31 bits per heavy atom. The molecule has 0 aromatic heterocycles. The number of fused-ring (bicyclic) bond motifs is 5. The Morgan fingerprint density at radius 2 is 2.15 bits per heavy atom. The Kier molecular flexibility index (Phi) is 1.35. The summed E-state index contributed by atoms with van der Waals surface area (Å²) in [6.45, 7) is 0. The van der Waals surface area contributed by atoms with Crippen molar-refractivity contribution >= 4 is 0 Å². The van der Waals surface area contributed by atoms with Crippen LogP contribution >= 0.6 is 0 Å². The molecule has 3 fully saturated rings. The number of hydrogen-bond acceptors (Lipinski definition) is 2. The second-order valence-electron chi connectivity index (χ2n) is 5.02. The van der Waals surface area contributed by atoms with E-state index < -0.39 is 5.54 Å². The van der Waals surface area contributed by atoms with Crippen LogP contribution in [0.2, 0.25) is 0 Å². The Morgan fingerprint density at radius 3 is 2.85 bits per heavy atom. The maximum Gasteiger partial charge on any atom is 0.228 e. The first kappa shape index (κ1) is 7.77. The van der Waals surface area contributed by atoms with Gasteiger partial charge in [0.1, 0.15) is 0 Å². The van der Waals surface area contributed by atoms with Gasteiger partial charge in [-0.05, 0) is 38.0 Å². The van der Waals surface area contributed by atoms with E-state index >= 15 is 0 Å². The zero-order chi connectivity index (χ0) is 9.05. The van der Waals surface area contributed by atoms with E-state index in [9.17, 15) is 10.1 Å². The van der Waals surface area contributed by atoms with Crippen LogP contribution in [0.5, 0.6) is 0 Å². The maximum atomic E-state index is 11.2. The van der Waals surface area contributed by atoms with Crippen molar-refractivity contribution < 1.29 is 4.92 Å². The largest absolute Gasteiger partial charge is 0.264 e. The molecule has 0 aromatic rings. The van der Waals surface area contributed by atoms with E-state index in [1.807, 2.05) is 0 Å². The van der Waals surface area contributed by atoms with Crippen molar-refractivity contribution in [1.29, 1.82) is 0 Å². The lowest BCUT2D eigenvalue weighted by atomic mass is 9.75. The zero-order valence-electron chi connectivity index (χ0n) is 7.74. The quantitative estimate of drug-likeness (QED) is 0.460. The summed E-state index contributed by atoms with van der Waals surface area (Å²) in [5.74, 6) is 1.58. The molecule has 0 spiro atoms. The minimum absolute atomic E-state index is 0.0779. The molecule has 0 saturated heterocycles. The molecule has 3 rings (SSSR count). The third-order valence-electron chi connectivity index (χ3n) is 4.82. The van der Waals surface area contributed by atoms with Gasteiger partial charge in [-0.2, -0.15) is 0 Å². The monoisotopic (exact) mass is 181 g/mol. The molecule has 72 valence electrons. The average molecular weight is 181 g/mol. The van der Waals surface area contributed by atoms with Crippen LogP contribution in [0, 0.1) is 27.9 Å². The van der Waals surface area contributed by atoms with Gasteiger partial charge in [0.2, 0.25) is 5.54 Å². The minimum atomic E-state index is -0.455. The van der Waals surface area contributed by atoms with E-state index in [0.29, 0.717) is 17.8 Å². The van der Waals surface area contributed by atoms with Crippen molar-refractivity contribution in [2.75, 3.05) is 0 Å². The Labute approximate surface area is 77.7 Å². The fourth-order valence-corrected chi connectivity index (χ4v) is 4.40. The van der Waals surface area contributed by atoms with Gasteiger partial charge in [0.15, 0.2) is 0 Å². The third kappa shape index (κ3) is 0.720. The van der Waals surface area contributed by atoms with Crippen molar-refractivity contribution in [2.24, 2.45) is 17.8 Å². The van der Waals surface area contributed by atoms with E-state index in [-0.39, 0.29) is 4.92 Å². The average Bonchev–Trinajstić information content (AvgIpc) is 2.76. The van der Waals surface area contributed by atoms with Crippen LogP contribution in [0.3, 0.4) is 0 Å². The second kappa shape index (κ2) is 2.25. The molecule has 0 unspecified atom stereocenters. The molecular weight excluding hydrogens is 166 g/mol. The summed E-state index contributed by atoms with van der Waals surface area (Å²) >= 11 is 0. The number of nitro groups is 1. The first-order chi connectivity index (χ1) is 6.25. The van der Waals surface area contributed by atoms with E-state index in [0.717, 1.165) is 32.1 Å². The summed E-state index contributed by atoms with van der Waals surface area (Å²) in [4.78, 5) is 11.3. The molecule has 0 radical (unpaired) electrons. The molecule has 3 aliphatic rings. The van der Waals surface area contributed by atoms with Crippen LogP contribution in [0.25, 0.3) is 0 Å². The molecule has 0 aliphatic heterocycles. The van der Waals surface area contributed by atoms with Crippen molar-refractivity contribution in [3.8, 4) is 0 Å². The normalized spacial score (nSPS) is 52.5. The summed E-state index contributed by atoms with van der Waals surface area (Å²) in [5, 5.41) is 11.2. The van der Waals surface area contributed by atoms with Gasteiger partial charge in [-0.25, -0.2) is 0 Å². The van der Waals surface area contributed by atoms with E-state index in [2.05, 4.69) is 0 Å². The van der Waals surface area contributed by atoms with Gasteiger partial charge >= 0.3 is 0 Å². The standard InChI is InChI=1S/C10H15NO2/c12-11(13)10-5-1-2-9(10)7-3-4-8(10)6-7/h7-9H,1-6H2/t7-,8+,9-,10-/m1/s1. The van der Waals surface area contributed by atoms with Gasteiger partial charge in [-0.3, -0.25) is 10.1 Å². The number of rotatable bonds is 1. The maximum absolute atomic E-state index is 11.2. The molecule has 3 nitrogen and oxygen atoms in total. The predicted octanol–water partition coefficient (Wildman–Crippen LogP) is 2.23. The van der Waals surface area contributed by atoms with E-state index in [1.54, 1.807) is 0 Å². The lowest BCUT2D eigenvalue weighted by Crippen LogP contribution is -2.46. The van der Waals surface area contributed by atoms with Gasteiger partial charge in [0, 0.05) is 23.2 Å². The molecule has 3 heteroatoms. The lowest BCUT2D eigenvalue weighted by Gasteiger charge is -2.30. The van der Waals surface area contributed by atoms with Crippen LogP contribution in [0.4, 0.5) is 0 Å². The molecule has 13 heavy (non-hydrogen) atoms. The summed E-state index contributed by atoms with van der Waals surface area (Å²) in [5.41, 5.74) is -0.455. The topological polar surface area (TPSA) is 43.1 Å². The van der Waals surface area contributed by atoms with Gasteiger partial charge in [0.25, 0.3) is 0 Å². The molecule has 3 aliphatic carbocycles. The van der Waals surface area contributed by atoms with Crippen LogP contribution in [0.1, 0.15) is 38.5 Å². The molecule has 4 atom stereocenters. The predicted molar refractivity (Wildman–Crippen MR) is 47.9 cm³/mol. The minimum Gasteiger partial charge on any atom is -0.264 e. The highest BCUT2D eigenvalue weighted by Crippen LogP contribution is 2.62. The Hall–Kier alpha value is -0.600. The van der Waals surface area contributed by atoms with Crippen molar-refractivity contribution in [1.82, 2.24) is 0 Å². The first-order valence-electron chi connectivity index (χ1n) is 5.39. The Balaban J connectivity index is 2.04. The van der Waals surface area contributed by atoms with Crippen molar-refractivity contribution in [2.45, 2.75) is 44.1 Å². The summed E-state index contributed by atoms with van der Waals surface area (Å²) in [7, 11) is 0. The molecular formula is C10H15NO2. The van der Waals surface area contributed by atoms with Gasteiger partial charge in [-0.1, -0.05) is 0 Å². The molecule has 3 saturated carbocycles. The Bertz CT molecular complexity index is 266. The third-order valence-corrected chi connectivity index (χ3v) is 4.82. The van der Waals surface area contributed by atoms with Gasteiger partial charge < -0.3 is 0 Å². The highest BCUT2D eigenvalue weighted by molar-refractivity contribution is 5.10. The lowest BCUT2D eigenvalue weighted by molar-refractivity contribution is -0.586. The van der Waals surface area contributed by atoms with Gasteiger partial charge in [-0.15, -0.1) is 0 Å². The zero-order valence-corrected chi connectivity index (χ0v) is 7.74. The summed E-state index contributed by atoms with van der Waals surface area (Å²) in [6.07, 6.45) is 6.64. The fourth-order valence-electron chi connectivity index (χ4n) is 4.40. The number of hydrogen-bond donors (Lipinski definition) is 0. The molecule has 0 heterocycles. The van der Waals surface area contributed by atoms with E-state index in [4.69, 9.17) is 0 Å². The van der Waals surface area contributed by atoms with Crippen LogP contribution in [-0.2, 0) is 0 Å². The summed E-state index contributed by atoms with van der Waals surface area (Å²) < 4.78 is 0. The molecule has 0 N–H and O–H groups in total. The first-order valence-corrected chi connectivity index (χ1v) is 5.39. The molecule has 0 aromatic carbocycles. The smallest absolute Gasteiger partial charge is 0.228 e.